The second-order valence-electron chi connectivity index (χ2n) is 4.71. The third-order valence-electron chi connectivity index (χ3n) is 3.50. The van der Waals surface area contributed by atoms with E-state index < -0.39 is 0 Å². The van der Waals surface area contributed by atoms with Crippen molar-refractivity contribution in [3.8, 4) is 12.3 Å². The van der Waals surface area contributed by atoms with Crippen LogP contribution in [0.2, 0.25) is 5.02 Å². The van der Waals surface area contributed by atoms with Gasteiger partial charge in [0.25, 0.3) is 0 Å². The standard InChI is InChI=1S/C15H18ClN/c1-3-14(4-2)17-15-9-12(10-15)11-6-5-7-13(16)8-11/h1,5-8,12,14-15,17H,4,9-10H2,2H3. The molecule has 0 aromatic heterocycles. The minimum Gasteiger partial charge on any atom is -0.301 e. The van der Waals surface area contributed by atoms with Crippen LogP contribution < -0.4 is 5.32 Å². The Morgan fingerprint density at radius 1 is 1.53 bits per heavy atom. The summed E-state index contributed by atoms with van der Waals surface area (Å²) in [5.41, 5.74) is 1.35. The van der Waals surface area contributed by atoms with Crippen molar-refractivity contribution in [1.82, 2.24) is 5.32 Å². The molecule has 0 saturated heterocycles. The highest BCUT2D eigenvalue weighted by molar-refractivity contribution is 6.30. The molecule has 90 valence electrons. The van der Waals surface area contributed by atoms with E-state index >= 15 is 0 Å². The molecule has 0 aliphatic heterocycles. The van der Waals surface area contributed by atoms with Crippen molar-refractivity contribution in [2.24, 2.45) is 0 Å². The number of rotatable bonds is 4. The molecule has 1 atom stereocenters. The lowest BCUT2D eigenvalue weighted by molar-refractivity contribution is 0.278. The average Bonchev–Trinajstić information content (AvgIpc) is 2.28. The fourth-order valence-corrected chi connectivity index (χ4v) is 2.55. The van der Waals surface area contributed by atoms with E-state index in [1.54, 1.807) is 0 Å². The zero-order chi connectivity index (χ0) is 12.3. The van der Waals surface area contributed by atoms with Gasteiger partial charge in [0, 0.05) is 11.1 Å². The molecule has 1 aromatic rings. The molecule has 1 fully saturated rings. The monoisotopic (exact) mass is 247 g/mol. The Labute approximate surface area is 109 Å². The van der Waals surface area contributed by atoms with E-state index in [1.165, 1.54) is 18.4 Å². The van der Waals surface area contributed by atoms with Crippen molar-refractivity contribution in [2.45, 2.75) is 44.2 Å². The molecule has 0 amide bonds. The maximum absolute atomic E-state index is 5.99. The van der Waals surface area contributed by atoms with Gasteiger partial charge in [-0.2, -0.15) is 0 Å². The topological polar surface area (TPSA) is 12.0 Å². The smallest absolute Gasteiger partial charge is 0.0686 e. The lowest BCUT2D eigenvalue weighted by atomic mass is 9.75. The Balaban J connectivity index is 1.85. The van der Waals surface area contributed by atoms with Crippen molar-refractivity contribution < 1.29 is 0 Å². The molecule has 0 radical (unpaired) electrons. The number of benzene rings is 1. The van der Waals surface area contributed by atoms with E-state index in [0.717, 1.165) is 11.4 Å². The zero-order valence-electron chi connectivity index (χ0n) is 10.1. The van der Waals surface area contributed by atoms with Gasteiger partial charge in [-0.1, -0.05) is 36.6 Å². The summed E-state index contributed by atoms with van der Waals surface area (Å²) in [7, 11) is 0. The van der Waals surface area contributed by atoms with Gasteiger partial charge in [-0.15, -0.1) is 6.42 Å². The lowest BCUT2D eigenvalue weighted by Gasteiger charge is -2.37. The Morgan fingerprint density at radius 3 is 2.88 bits per heavy atom. The lowest BCUT2D eigenvalue weighted by Crippen LogP contribution is -2.44. The van der Waals surface area contributed by atoms with Crippen molar-refractivity contribution >= 4 is 11.6 Å². The minimum atomic E-state index is 0.223. The van der Waals surface area contributed by atoms with E-state index in [1.807, 2.05) is 12.1 Å². The molecule has 1 aliphatic rings. The Hall–Kier alpha value is -0.970. The summed E-state index contributed by atoms with van der Waals surface area (Å²) in [6.07, 6.45) is 8.77. The summed E-state index contributed by atoms with van der Waals surface area (Å²) >= 11 is 5.99. The normalized spacial score (nSPS) is 24.8. The second kappa shape index (κ2) is 5.58. The van der Waals surface area contributed by atoms with Crippen LogP contribution in [0.1, 0.15) is 37.7 Å². The minimum absolute atomic E-state index is 0.223. The average molecular weight is 248 g/mol. The van der Waals surface area contributed by atoms with E-state index in [4.69, 9.17) is 18.0 Å². The Bertz CT molecular complexity index is 415. The van der Waals surface area contributed by atoms with Gasteiger partial charge in [-0.05, 0) is 42.9 Å². The third kappa shape index (κ3) is 3.03. The van der Waals surface area contributed by atoms with Crippen molar-refractivity contribution in [1.29, 1.82) is 0 Å². The molecule has 1 aromatic carbocycles. The number of halogens is 1. The number of nitrogens with one attached hydrogen (secondary N) is 1. The highest BCUT2D eigenvalue weighted by Crippen LogP contribution is 2.37. The van der Waals surface area contributed by atoms with E-state index in [2.05, 4.69) is 30.3 Å². The first-order valence-electron chi connectivity index (χ1n) is 6.20. The molecule has 0 spiro atoms. The first-order chi connectivity index (χ1) is 8.22. The number of hydrogen-bond acceptors (Lipinski definition) is 1. The second-order valence-corrected chi connectivity index (χ2v) is 5.15. The van der Waals surface area contributed by atoms with Crippen LogP contribution >= 0.6 is 11.6 Å². The Morgan fingerprint density at radius 2 is 2.29 bits per heavy atom. The fourth-order valence-electron chi connectivity index (χ4n) is 2.35. The van der Waals surface area contributed by atoms with Crippen LogP contribution in [-0.2, 0) is 0 Å². The van der Waals surface area contributed by atoms with Crippen molar-refractivity contribution in [3.05, 3.63) is 34.9 Å². The van der Waals surface area contributed by atoms with Crippen LogP contribution in [0.15, 0.2) is 24.3 Å². The summed E-state index contributed by atoms with van der Waals surface area (Å²) < 4.78 is 0. The SMILES string of the molecule is C#CC(CC)NC1CC(c2cccc(Cl)c2)C1. The van der Waals surface area contributed by atoms with Crippen molar-refractivity contribution in [3.63, 3.8) is 0 Å². The van der Waals surface area contributed by atoms with Crippen LogP contribution in [0.3, 0.4) is 0 Å². The van der Waals surface area contributed by atoms with Crippen LogP contribution in [0.25, 0.3) is 0 Å². The molecule has 1 nitrogen and oxygen atoms in total. The number of terminal acetylenes is 1. The molecule has 0 bridgehead atoms. The van der Waals surface area contributed by atoms with Gasteiger partial charge >= 0.3 is 0 Å². The predicted octanol–water partition coefficient (Wildman–Crippen LogP) is 3.59. The highest BCUT2D eigenvalue weighted by Gasteiger charge is 2.30. The maximum Gasteiger partial charge on any atom is 0.0686 e. The summed E-state index contributed by atoms with van der Waals surface area (Å²) in [6, 6.07) is 8.96. The molecule has 2 heteroatoms. The first kappa shape index (κ1) is 12.5. The van der Waals surface area contributed by atoms with Crippen LogP contribution in [0.5, 0.6) is 0 Å². The Kier molecular flexibility index (Phi) is 4.10. The van der Waals surface area contributed by atoms with E-state index in [9.17, 15) is 0 Å². The summed E-state index contributed by atoms with van der Waals surface area (Å²) in [4.78, 5) is 0. The molecule has 0 heterocycles. The van der Waals surface area contributed by atoms with Gasteiger partial charge < -0.3 is 5.32 Å². The summed E-state index contributed by atoms with van der Waals surface area (Å²) in [5, 5.41) is 4.33. The van der Waals surface area contributed by atoms with Gasteiger partial charge in [0.15, 0.2) is 0 Å². The largest absolute Gasteiger partial charge is 0.301 e. The van der Waals surface area contributed by atoms with Gasteiger partial charge in [0.05, 0.1) is 6.04 Å². The molecule has 2 rings (SSSR count). The maximum atomic E-state index is 5.99. The van der Waals surface area contributed by atoms with Gasteiger partial charge in [-0.3, -0.25) is 0 Å². The molecular weight excluding hydrogens is 230 g/mol. The van der Waals surface area contributed by atoms with Crippen LogP contribution in [-0.4, -0.2) is 12.1 Å². The molecule has 1 aliphatic carbocycles. The quantitative estimate of drug-likeness (QED) is 0.802. The number of hydrogen-bond donors (Lipinski definition) is 1. The third-order valence-corrected chi connectivity index (χ3v) is 3.74. The molecule has 1 unspecified atom stereocenters. The van der Waals surface area contributed by atoms with E-state index in [-0.39, 0.29) is 6.04 Å². The van der Waals surface area contributed by atoms with E-state index in [0.29, 0.717) is 12.0 Å². The van der Waals surface area contributed by atoms with Gasteiger partial charge in [0.1, 0.15) is 0 Å². The van der Waals surface area contributed by atoms with Crippen LogP contribution in [0.4, 0.5) is 0 Å². The molecular formula is C15H18ClN. The van der Waals surface area contributed by atoms with Crippen LogP contribution in [0, 0.1) is 12.3 Å². The van der Waals surface area contributed by atoms with Gasteiger partial charge in [0.2, 0.25) is 0 Å². The molecule has 1 N–H and O–H groups in total. The zero-order valence-corrected chi connectivity index (χ0v) is 10.9. The predicted molar refractivity (Wildman–Crippen MR) is 73.3 cm³/mol. The van der Waals surface area contributed by atoms with Gasteiger partial charge in [-0.25, -0.2) is 0 Å². The summed E-state index contributed by atoms with van der Waals surface area (Å²) in [5.74, 6) is 3.42. The fraction of sp³-hybridized carbons (Fsp3) is 0.467. The summed E-state index contributed by atoms with van der Waals surface area (Å²) in [6.45, 7) is 2.12. The molecule has 17 heavy (non-hydrogen) atoms. The highest BCUT2D eigenvalue weighted by atomic mass is 35.5. The molecule has 1 saturated carbocycles. The first-order valence-corrected chi connectivity index (χ1v) is 6.58. The van der Waals surface area contributed by atoms with Crippen molar-refractivity contribution in [2.75, 3.05) is 0 Å².